The number of nitrogens with zero attached hydrogens (tertiary/aromatic N) is 2. The maximum absolute atomic E-state index is 10.9. The lowest BCUT2D eigenvalue weighted by atomic mass is 10.1. The maximum atomic E-state index is 10.9. The van der Waals surface area contributed by atoms with Gasteiger partial charge in [0.05, 0.1) is 6.61 Å². The second kappa shape index (κ2) is 5.77. The van der Waals surface area contributed by atoms with E-state index in [0.717, 1.165) is 0 Å². The molecule has 21 heavy (non-hydrogen) atoms. The minimum absolute atomic E-state index is 0.0611. The van der Waals surface area contributed by atoms with Crippen LogP contribution in [0.3, 0.4) is 0 Å². The minimum atomic E-state index is -4.73. The Morgan fingerprint density at radius 1 is 1.43 bits per heavy atom. The van der Waals surface area contributed by atoms with Crippen LogP contribution in [0, 0.1) is 0 Å². The van der Waals surface area contributed by atoms with Gasteiger partial charge in [-0.2, -0.15) is 0 Å². The molecule has 2 rings (SSSR count). The van der Waals surface area contributed by atoms with Crippen molar-refractivity contribution in [1.29, 1.82) is 0 Å². The lowest BCUT2D eigenvalue weighted by Gasteiger charge is -2.14. The Labute approximate surface area is 117 Å². The quantitative estimate of drug-likeness (QED) is 0.306. The molecule has 13 heteroatoms. The van der Waals surface area contributed by atoms with Crippen molar-refractivity contribution in [2.45, 2.75) is 24.4 Å². The van der Waals surface area contributed by atoms with Crippen molar-refractivity contribution >= 4 is 13.7 Å². The summed E-state index contributed by atoms with van der Waals surface area (Å²) >= 11 is 0. The average Bonchev–Trinajstić information content (AvgIpc) is 2.94. The summed E-state index contributed by atoms with van der Waals surface area (Å²) in [4.78, 5) is 31.7. The van der Waals surface area contributed by atoms with Gasteiger partial charge in [-0.1, -0.05) is 0 Å². The number of rotatable bonds is 5. The van der Waals surface area contributed by atoms with E-state index in [1.165, 1.54) is 0 Å². The van der Waals surface area contributed by atoms with Crippen LogP contribution in [-0.2, 0) is 13.8 Å². The zero-order chi connectivity index (χ0) is 15.8. The van der Waals surface area contributed by atoms with E-state index < -0.39 is 44.8 Å². The third-order valence-electron chi connectivity index (χ3n) is 2.76. The number of carbonyl (C=O) groups excluding carboxylic acids is 1. The Balaban J connectivity index is 2.08. The molecule has 1 saturated heterocycles. The Bertz CT molecular complexity index is 572. The van der Waals surface area contributed by atoms with Gasteiger partial charge in [-0.15, -0.1) is 5.10 Å². The maximum Gasteiger partial charge on any atom is 0.469 e. The second-order valence-electron chi connectivity index (χ2n) is 4.27. The van der Waals surface area contributed by atoms with E-state index in [4.69, 9.17) is 20.3 Å². The molecular formula is C8H13N4O8P. The average molecular weight is 324 g/mol. The van der Waals surface area contributed by atoms with Gasteiger partial charge >= 0.3 is 7.82 Å². The van der Waals surface area contributed by atoms with E-state index in [2.05, 4.69) is 19.7 Å². The van der Waals surface area contributed by atoms with Crippen molar-refractivity contribution in [1.82, 2.24) is 15.2 Å². The zero-order valence-corrected chi connectivity index (χ0v) is 11.3. The molecule has 0 bridgehead atoms. The van der Waals surface area contributed by atoms with Crippen molar-refractivity contribution in [2.75, 3.05) is 6.61 Å². The van der Waals surface area contributed by atoms with Gasteiger partial charge in [0.15, 0.2) is 5.82 Å². The number of primary amides is 1. The number of ether oxygens (including phenoxy) is 1. The molecule has 1 aliphatic heterocycles. The molecule has 0 radical (unpaired) electrons. The predicted molar refractivity (Wildman–Crippen MR) is 62.5 cm³/mol. The highest BCUT2D eigenvalue weighted by molar-refractivity contribution is 7.46. The first-order valence-electron chi connectivity index (χ1n) is 5.63. The van der Waals surface area contributed by atoms with Gasteiger partial charge in [0.2, 0.25) is 5.82 Å². The predicted octanol–water partition coefficient (Wildman–Crippen LogP) is -2.83. The first-order valence-corrected chi connectivity index (χ1v) is 7.16. The number of aromatic amines is 1. The number of aliphatic hydroxyl groups excluding tert-OH is 2. The smallest absolute Gasteiger partial charge is 0.387 e. The van der Waals surface area contributed by atoms with Crippen molar-refractivity contribution in [3.05, 3.63) is 11.6 Å². The molecule has 1 fully saturated rings. The van der Waals surface area contributed by atoms with Crippen LogP contribution in [0.2, 0.25) is 0 Å². The van der Waals surface area contributed by atoms with Crippen LogP contribution in [0.15, 0.2) is 0 Å². The van der Waals surface area contributed by atoms with Crippen molar-refractivity contribution in [2.24, 2.45) is 5.73 Å². The summed E-state index contributed by atoms with van der Waals surface area (Å²) in [6, 6.07) is 0. The number of phosphoric ester groups is 1. The number of nitrogens with one attached hydrogen (secondary N) is 1. The van der Waals surface area contributed by atoms with E-state index >= 15 is 0 Å². The summed E-state index contributed by atoms with van der Waals surface area (Å²) in [6.45, 7) is -0.643. The first kappa shape index (κ1) is 16.0. The minimum Gasteiger partial charge on any atom is -0.387 e. The van der Waals surface area contributed by atoms with Gasteiger partial charge in [0.1, 0.15) is 24.4 Å². The highest BCUT2D eigenvalue weighted by atomic mass is 31.2. The van der Waals surface area contributed by atoms with Gasteiger partial charge in [-0.25, -0.2) is 9.55 Å². The van der Waals surface area contributed by atoms with Crippen LogP contribution in [0.25, 0.3) is 0 Å². The van der Waals surface area contributed by atoms with Crippen LogP contribution < -0.4 is 5.73 Å². The molecule has 2 heterocycles. The first-order chi connectivity index (χ1) is 9.69. The van der Waals surface area contributed by atoms with Crippen LogP contribution in [0.5, 0.6) is 0 Å². The standard InChI is InChI=1S/C8H13N4O8P/c9-6(15)8-10-7(11-12-8)5-4(14)3(13)2(20-5)1-19-21(16,17)18/h2-5,13-14H,1H2,(H2,9,15)(H,10,11,12)(H2,16,17,18)/t2-,3+,4+,5-/m1/s1. The number of aliphatic hydroxyl groups is 2. The molecule has 1 amide bonds. The monoisotopic (exact) mass is 324 g/mol. The van der Waals surface area contributed by atoms with Gasteiger partial charge in [-0.3, -0.25) is 14.4 Å². The summed E-state index contributed by atoms with van der Waals surface area (Å²) in [6.07, 6.45) is -5.29. The van der Waals surface area contributed by atoms with Crippen LogP contribution in [0.4, 0.5) is 0 Å². The molecule has 0 aromatic carbocycles. The lowest BCUT2D eigenvalue weighted by Crippen LogP contribution is -2.33. The Morgan fingerprint density at radius 3 is 2.62 bits per heavy atom. The highest BCUT2D eigenvalue weighted by Gasteiger charge is 2.45. The molecule has 1 aliphatic rings. The van der Waals surface area contributed by atoms with Crippen molar-refractivity contribution in [3.8, 4) is 0 Å². The largest absolute Gasteiger partial charge is 0.469 e. The van der Waals surface area contributed by atoms with Gasteiger partial charge in [0.25, 0.3) is 5.91 Å². The summed E-state index contributed by atoms with van der Waals surface area (Å²) < 4.78 is 20.0. The summed E-state index contributed by atoms with van der Waals surface area (Å²) in [5.41, 5.74) is 4.97. The summed E-state index contributed by atoms with van der Waals surface area (Å²) in [5, 5.41) is 25.4. The number of aromatic nitrogens is 3. The van der Waals surface area contributed by atoms with Crippen LogP contribution in [-0.4, -0.2) is 66.0 Å². The van der Waals surface area contributed by atoms with Gasteiger partial charge < -0.3 is 30.5 Å². The number of phosphoric acid groups is 1. The van der Waals surface area contributed by atoms with Gasteiger partial charge in [-0.05, 0) is 0 Å². The topological polar surface area (TPSA) is 201 Å². The van der Waals surface area contributed by atoms with E-state index in [1.807, 2.05) is 0 Å². The fourth-order valence-corrected chi connectivity index (χ4v) is 2.14. The Hall–Kier alpha value is -1.40. The molecule has 12 nitrogen and oxygen atoms in total. The Kier molecular flexibility index (Phi) is 4.39. The molecule has 1 aromatic rings. The van der Waals surface area contributed by atoms with Gasteiger partial charge in [0, 0.05) is 0 Å². The third kappa shape index (κ3) is 3.63. The number of H-pyrrole nitrogens is 1. The van der Waals surface area contributed by atoms with E-state index in [-0.39, 0.29) is 11.6 Å². The highest BCUT2D eigenvalue weighted by Crippen LogP contribution is 2.38. The van der Waals surface area contributed by atoms with Crippen molar-refractivity contribution < 1.29 is 38.6 Å². The van der Waals surface area contributed by atoms with E-state index in [1.54, 1.807) is 0 Å². The molecule has 0 unspecified atom stereocenters. The summed E-state index contributed by atoms with van der Waals surface area (Å²) in [7, 11) is -4.73. The van der Waals surface area contributed by atoms with E-state index in [0.29, 0.717) is 0 Å². The molecule has 0 saturated carbocycles. The fraction of sp³-hybridized carbons (Fsp3) is 0.625. The number of nitrogens with two attached hydrogens (primary N) is 1. The SMILES string of the molecule is NC(=O)c1n[nH]c([C@@H]2O[C@H](COP(=O)(O)O)[C@H](O)[C@@H]2O)n1. The van der Waals surface area contributed by atoms with Crippen LogP contribution in [0.1, 0.15) is 22.5 Å². The number of hydrogen-bond acceptors (Lipinski definition) is 8. The fourth-order valence-electron chi connectivity index (χ4n) is 1.79. The zero-order valence-electron chi connectivity index (χ0n) is 10.4. The molecule has 0 spiro atoms. The second-order valence-corrected chi connectivity index (χ2v) is 5.51. The number of hydrogen-bond donors (Lipinski definition) is 6. The normalized spacial score (nSPS) is 29.7. The third-order valence-corrected chi connectivity index (χ3v) is 3.25. The number of amides is 1. The molecular weight excluding hydrogens is 311 g/mol. The van der Waals surface area contributed by atoms with Crippen molar-refractivity contribution in [3.63, 3.8) is 0 Å². The molecule has 118 valence electrons. The molecule has 1 aromatic heterocycles. The number of carbonyl (C=O) groups is 1. The molecule has 4 atom stereocenters. The molecule has 7 N–H and O–H groups in total. The molecule has 0 aliphatic carbocycles. The Morgan fingerprint density at radius 2 is 2.10 bits per heavy atom. The lowest BCUT2D eigenvalue weighted by molar-refractivity contribution is -0.0247. The van der Waals surface area contributed by atoms with E-state index in [9.17, 15) is 19.6 Å². The van der Waals surface area contributed by atoms with Crippen LogP contribution >= 0.6 is 7.82 Å². The summed E-state index contributed by atoms with van der Waals surface area (Å²) in [5.74, 6) is -1.29.